The average molecular weight is 290 g/mol. The van der Waals surface area contributed by atoms with E-state index in [1.807, 2.05) is 12.1 Å². The van der Waals surface area contributed by atoms with Crippen LogP contribution in [0.3, 0.4) is 0 Å². The topological polar surface area (TPSA) is 50.4 Å². The molecule has 1 aliphatic rings. The zero-order chi connectivity index (χ0) is 15.1. The van der Waals surface area contributed by atoms with Gasteiger partial charge in [-0.05, 0) is 37.8 Å². The van der Waals surface area contributed by atoms with Gasteiger partial charge in [0, 0.05) is 13.1 Å². The molecule has 2 rings (SSSR count). The zero-order valence-corrected chi connectivity index (χ0v) is 13.1. The Bertz CT molecular complexity index is 474. The van der Waals surface area contributed by atoms with E-state index in [4.69, 9.17) is 4.74 Å². The average Bonchev–Trinajstić information content (AvgIpc) is 2.51. The normalized spacial score (nSPS) is 14.8. The number of ether oxygens (including phenoxy) is 1. The fourth-order valence-electron chi connectivity index (χ4n) is 2.55. The van der Waals surface area contributed by atoms with Gasteiger partial charge in [0.05, 0.1) is 5.69 Å². The predicted octanol–water partition coefficient (Wildman–Crippen LogP) is 3.12. The molecule has 1 heterocycles. The molecule has 1 aromatic rings. The van der Waals surface area contributed by atoms with Gasteiger partial charge >= 0.3 is 0 Å². The summed E-state index contributed by atoms with van der Waals surface area (Å²) in [5, 5.41) is 6.31. The molecule has 1 aromatic carbocycles. The highest BCUT2D eigenvalue weighted by Crippen LogP contribution is 2.32. The van der Waals surface area contributed by atoms with E-state index in [-0.39, 0.29) is 5.91 Å². The maximum atomic E-state index is 12.0. The second-order valence-corrected chi connectivity index (χ2v) is 5.58. The number of nitrogens with one attached hydrogen (secondary N) is 2. The van der Waals surface area contributed by atoms with Gasteiger partial charge in [0.25, 0.3) is 5.91 Å². The summed E-state index contributed by atoms with van der Waals surface area (Å²) in [5.41, 5.74) is 2.32. The Labute approximate surface area is 127 Å². The highest BCUT2D eigenvalue weighted by molar-refractivity contribution is 5.81. The summed E-state index contributed by atoms with van der Waals surface area (Å²) in [6.45, 7) is 5.65. The van der Waals surface area contributed by atoms with Crippen LogP contribution in [0, 0.1) is 0 Å². The Morgan fingerprint density at radius 3 is 3.10 bits per heavy atom. The number of unbranched alkanes of at least 4 members (excludes halogenated alkanes) is 2. The van der Waals surface area contributed by atoms with Gasteiger partial charge in [-0.1, -0.05) is 31.9 Å². The van der Waals surface area contributed by atoms with Crippen molar-refractivity contribution < 1.29 is 9.53 Å². The van der Waals surface area contributed by atoms with Crippen LogP contribution >= 0.6 is 0 Å². The van der Waals surface area contributed by atoms with Crippen LogP contribution in [0.5, 0.6) is 5.75 Å². The number of amides is 1. The first-order valence-corrected chi connectivity index (χ1v) is 8.02. The molecule has 0 saturated carbocycles. The second kappa shape index (κ2) is 7.91. The van der Waals surface area contributed by atoms with Crippen LogP contribution in [-0.4, -0.2) is 25.1 Å². The molecule has 0 radical (unpaired) electrons. The molecule has 1 atom stereocenters. The monoisotopic (exact) mass is 290 g/mol. The van der Waals surface area contributed by atoms with Crippen molar-refractivity contribution in [2.75, 3.05) is 18.4 Å². The van der Waals surface area contributed by atoms with Crippen LogP contribution in [0.2, 0.25) is 0 Å². The van der Waals surface area contributed by atoms with Crippen LogP contribution in [0.25, 0.3) is 0 Å². The molecule has 0 aliphatic carbocycles. The molecule has 1 amide bonds. The number of carbonyl (C=O) groups excluding carboxylic acids is 1. The first kappa shape index (κ1) is 15.7. The molecule has 0 bridgehead atoms. The minimum atomic E-state index is -0.471. The van der Waals surface area contributed by atoms with E-state index in [2.05, 4.69) is 23.6 Å². The van der Waals surface area contributed by atoms with E-state index < -0.39 is 6.10 Å². The second-order valence-electron chi connectivity index (χ2n) is 5.58. The number of fused-ring (bicyclic) bond motifs is 1. The number of para-hydroxylation sites is 1. The molecular formula is C17H26N2O2. The van der Waals surface area contributed by atoms with Gasteiger partial charge in [-0.15, -0.1) is 0 Å². The first-order chi connectivity index (χ1) is 10.2. The standard InChI is InChI=1S/C17H26N2O2/c1-3-4-5-11-19-17(20)13(2)21-15-10-6-8-14-9-7-12-18-16(14)15/h6,8,10,13,18H,3-5,7,9,11-12H2,1-2H3,(H,19,20). The van der Waals surface area contributed by atoms with Gasteiger partial charge in [0.2, 0.25) is 0 Å². The third-order valence-corrected chi connectivity index (χ3v) is 3.79. The van der Waals surface area contributed by atoms with Crippen LogP contribution in [0.15, 0.2) is 18.2 Å². The number of hydrogen-bond acceptors (Lipinski definition) is 3. The maximum absolute atomic E-state index is 12.0. The molecule has 0 fully saturated rings. The highest BCUT2D eigenvalue weighted by Gasteiger charge is 2.18. The predicted molar refractivity (Wildman–Crippen MR) is 85.9 cm³/mol. The smallest absolute Gasteiger partial charge is 0.260 e. The van der Waals surface area contributed by atoms with Crippen molar-refractivity contribution in [1.82, 2.24) is 5.32 Å². The molecule has 0 spiro atoms. The van der Waals surface area contributed by atoms with E-state index in [9.17, 15) is 4.79 Å². The van der Waals surface area contributed by atoms with Crippen LogP contribution < -0.4 is 15.4 Å². The summed E-state index contributed by atoms with van der Waals surface area (Å²) in [6.07, 6.45) is 5.06. The van der Waals surface area contributed by atoms with Crippen LogP contribution in [-0.2, 0) is 11.2 Å². The van der Waals surface area contributed by atoms with Crippen molar-refractivity contribution >= 4 is 11.6 Å². The van der Waals surface area contributed by atoms with E-state index in [0.717, 1.165) is 56.6 Å². The lowest BCUT2D eigenvalue weighted by Crippen LogP contribution is -2.37. The lowest BCUT2D eigenvalue weighted by atomic mass is 10.0. The third kappa shape index (κ3) is 4.38. The van der Waals surface area contributed by atoms with Crippen molar-refractivity contribution in [1.29, 1.82) is 0 Å². The summed E-state index contributed by atoms with van der Waals surface area (Å²) >= 11 is 0. The van der Waals surface area contributed by atoms with Crippen molar-refractivity contribution in [3.05, 3.63) is 23.8 Å². The fraction of sp³-hybridized carbons (Fsp3) is 0.588. The van der Waals surface area contributed by atoms with Gasteiger partial charge in [0.1, 0.15) is 5.75 Å². The third-order valence-electron chi connectivity index (χ3n) is 3.79. The van der Waals surface area contributed by atoms with Crippen LogP contribution in [0.1, 0.15) is 45.1 Å². The molecule has 0 aromatic heterocycles. The molecule has 21 heavy (non-hydrogen) atoms. The van der Waals surface area contributed by atoms with Gasteiger partial charge in [-0.25, -0.2) is 0 Å². The largest absolute Gasteiger partial charge is 0.479 e. The molecule has 116 valence electrons. The van der Waals surface area contributed by atoms with E-state index in [1.54, 1.807) is 6.92 Å². The fourth-order valence-corrected chi connectivity index (χ4v) is 2.55. The minimum absolute atomic E-state index is 0.0421. The molecular weight excluding hydrogens is 264 g/mol. The summed E-state index contributed by atoms with van der Waals surface area (Å²) in [7, 11) is 0. The molecule has 1 unspecified atom stereocenters. The quantitative estimate of drug-likeness (QED) is 0.759. The van der Waals surface area contributed by atoms with E-state index in [1.165, 1.54) is 5.56 Å². The zero-order valence-electron chi connectivity index (χ0n) is 13.1. The number of carbonyl (C=O) groups is 1. The number of benzene rings is 1. The lowest BCUT2D eigenvalue weighted by Gasteiger charge is -2.23. The molecule has 0 saturated heterocycles. The van der Waals surface area contributed by atoms with Crippen LogP contribution in [0.4, 0.5) is 5.69 Å². The van der Waals surface area contributed by atoms with Gasteiger partial charge < -0.3 is 15.4 Å². The number of rotatable bonds is 7. The Hall–Kier alpha value is -1.71. The van der Waals surface area contributed by atoms with E-state index in [0.29, 0.717) is 0 Å². The first-order valence-electron chi connectivity index (χ1n) is 8.02. The van der Waals surface area contributed by atoms with Gasteiger partial charge in [0.15, 0.2) is 6.10 Å². The summed E-state index contributed by atoms with van der Waals surface area (Å²) in [6, 6.07) is 6.04. The lowest BCUT2D eigenvalue weighted by molar-refractivity contribution is -0.127. The number of hydrogen-bond donors (Lipinski definition) is 2. The van der Waals surface area contributed by atoms with Crippen molar-refractivity contribution in [3.63, 3.8) is 0 Å². The Morgan fingerprint density at radius 1 is 1.43 bits per heavy atom. The highest BCUT2D eigenvalue weighted by atomic mass is 16.5. The van der Waals surface area contributed by atoms with Crippen molar-refractivity contribution in [2.24, 2.45) is 0 Å². The van der Waals surface area contributed by atoms with Crippen molar-refractivity contribution in [3.8, 4) is 5.75 Å². The SMILES string of the molecule is CCCCCNC(=O)C(C)Oc1cccc2c1NCCC2. The minimum Gasteiger partial charge on any atom is -0.479 e. The van der Waals surface area contributed by atoms with Gasteiger partial charge in [-0.3, -0.25) is 4.79 Å². The molecule has 4 nitrogen and oxygen atoms in total. The van der Waals surface area contributed by atoms with Crippen molar-refractivity contribution in [2.45, 2.75) is 52.1 Å². The summed E-state index contributed by atoms with van der Waals surface area (Å²) in [4.78, 5) is 12.0. The number of anilines is 1. The van der Waals surface area contributed by atoms with E-state index >= 15 is 0 Å². The molecule has 2 N–H and O–H groups in total. The molecule has 4 heteroatoms. The Morgan fingerprint density at radius 2 is 2.29 bits per heavy atom. The van der Waals surface area contributed by atoms with Gasteiger partial charge in [-0.2, -0.15) is 0 Å². The summed E-state index contributed by atoms with van der Waals surface area (Å²) < 4.78 is 5.86. The Balaban J connectivity index is 1.90. The number of aryl methyl sites for hydroxylation is 1. The summed E-state index contributed by atoms with van der Waals surface area (Å²) in [5.74, 6) is 0.739. The molecule has 1 aliphatic heterocycles. The Kier molecular flexibility index (Phi) is 5.90. The maximum Gasteiger partial charge on any atom is 0.260 e.